The summed E-state index contributed by atoms with van der Waals surface area (Å²) >= 11 is 7.03. The van der Waals surface area contributed by atoms with Gasteiger partial charge in [-0.15, -0.1) is 0 Å². The predicted molar refractivity (Wildman–Crippen MR) is 55.8 cm³/mol. The monoisotopic (exact) mass is 211 g/mol. The number of thioether (sulfide) groups is 1. The summed E-state index contributed by atoms with van der Waals surface area (Å²) in [5.74, 6) is 0.652. The topological polar surface area (TPSA) is 29.4 Å². The lowest BCUT2D eigenvalue weighted by Crippen LogP contribution is -1.99. The number of nitrogens with zero attached hydrogens (tertiary/aromatic N) is 1. The molecule has 2 nitrogen and oxygen atoms in total. The fraction of sp³-hybridized carbons (Fsp3) is 0.111. The largest absolute Gasteiger partial charge is 0.305 e. The highest BCUT2D eigenvalue weighted by Crippen LogP contribution is 2.20. The predicted octanol–water partition coefficient (Wildman–Crippen LogP) is 3.00. The molecule has 2 rings (SSSR count). The number of benzene rings is 1. The number of hydrogen-bond acceptors (Lipinski definition) is 2. The first-order chi connectivity index (χ1) is 6.25. The Bertz CT molecular complexity index is 389. The molecule has 0 spiro atoms. The summed E-state index contributed by atoms with van der Waals surface area (Å²) in [4.78, 5) is 14.7. The van der Waals surface area contributed by atoms with Crippen molar-refractivity contribution in [1.82, 2.24) is 0 Å². The highest BCUT2D eigenvalue weighted by molar-refractivity contribution is 8.14. The van der Waals surface area contributed by atoms with E-state index < -0.39 is 0 Å². The standard InChI is InChI=1S/C9H6ClNOS/c10-7-3-1-2-6(4-7)8-5-13-9(12)11-8/h1-4H,5H2. The molecule has 0 bridgehead atoms. The third kappa shape index (κ3) is 1.92. The lowest BCUT2D eigenvalue weighted by Gasteiger charge is -1.98. The van der Waals surface area contributed by atoms with Crippen molar-refractivity contribution in [2.24, 2.45) is 4.99 Å². The van der Waals surface area contributed by atoms with Gasteiger partial charge in [0.05, 0.1) is 5.71 Å². The molecule has 0 atom stereocenters. The molecule has 1 aromatic rings. The van der Waals surface area contributed by atoms with Crippen LogP contribution in [-0.2, 0) is 0 Å². The molecule has 0 saturated heterocycles. The van der Waals surface area contributed by atoms with Crippen LogP contribution in [0.3, 0.4) is 0 Å². The molecule has 1 heterocycles. The minimum Gasteiger partial charge on any atom is -0.259 e. The molecule has 4 heteroatoms. The van der Waals surface area contributed by atoms with Gasteiger partial charge in [-0.1, -0.05) is 35.5 Å². The number of hydrogen-bond donors (Lipinski definition) is 0. The Morgan fingerprint density at radius 1 is 1.46 bits per heavy atom. The summed E-state index contributed by atoms with van der Waals surface area (Å²) in [7, 11) is 0. The second kappa shape index (κ2) is 3.52. The van der Waals surface area contributed by atoms with Crippen molar-refractivity contribution in [2.45, 2.75) is 0 Å². The number of rotatable bonds is 1. The van der Waals surface area contributed by atoms with E-state index in [1.54, 1.807) is 6.07 Å². The van der Waals surface area contributed by atoms with Crippen LogP contribution in [0.5, 0.6) is 0 Å². The van der Waals surface area contributed by atoms with E-state index in [1.807, 2.05) is 18.2 Å². The lowest BCUT2D eigenvalue weighted by atomic mass is 10.1. The molecule has 0 saturated carbocycles. The third-order valence-corrected chi connectivity index (χ3v) is 2.71. The van der Waals surface area contributed by atoms with Gasteiger partial charge < -0.3 is 0 Å². The molecule has 1 aliphatic heterocycles. The van der Waals surface area contributed by atoms with Gasteiger partial charge in [-0.2, -0.15) is 0 Å². The average molecular weight is 212 g/mol. The Hall–Kier alpha value is -0.800. The minimum atomic E-state index is -0.116. The Balaban J connectivity index is 2.36. The molecule has 13 heavy (non-hydrogen) atoms. The minimum absolute atomic E-state index is 0.116. The maximum absolute atomic E-state index is 10.9. The second-order valence-corrected chi connectivity index (χ2v) is 3.99. The molecular weight excluding hydrogens is 206 g/mol. The SMILES string of the molecule is O=C1N=C(c2cccc(Cl)c2)CS1. The second-order valence-electron chi connectivity index (χ2n) is 2.62. The van der Waals surface area contributed by atoms with Crippen LogP contribution < -0.4 is 0 Å². The van der Waals surface area contributed by atoms with Crippen molar-refractivity contribution in [3.8, 4) is 0 Å². The van der Waals surface area contributed by atoms with Crippen LogP contribution >= 0.6 is 23.4 Å². The van der Waals surface area contributed by atoms with Crippen LogP contribution in [-0.4, -0.2) is 16.7 Å². The first kappa shape index (κ1) is 8.78. The van der Waals surface area contributed by atoms with Gasteiger partial charge in [-0.25, -0.2) is 4.99 Å². The smallest absolute Gasteiger partial charge is 0.259 e. The Morgan fingerprint density at radius 3 is 2.92 bits per heavy atom. The maximum Gasteiger partial charge on any atom is 0.305 e. The number of amides is 1. The van der Waals surface area contributed by atoms with Gasteiger partial charge in [-0.3, -0.25) is 4.79 Å². The van der Waals surface area contributed by atoms with Gasteiger partial charge in [0.15, 0.2) is 0 Å². The van der Waals surface area contributed by atoms with E-state index in [-0.39, 0.29) is 5.24 Å². The number of carbonyl (C=O) groups is 1. The van der Waals surface area contributed by atoms with Crippen LogP contribution in [0.15, 0.2) is 29.3 Å². The Morgan fingerprint density at radius 2 is 2.31 bits per heavy atom. The van der Waals surface area contributed by atoms with E-state index in [0.717, 1.165) is 11.3 Å². The van der Waals surface area contributed by atoms with E-state index in [4.69, 9.17) is 11.6 Å². The molecule has 0 radical (unpaired) electrons. The van der Waals surface area contributed by atoms with E-state index in [0.29, 0.717) is 10.8 Å². The van der Waals surface area contributed by atoms with Gasteiger partial charge >= 0.3 is 5.24 Å². The fourth-order valence-corrected chi connectivity index (χ4v) is 1.98. The summed E-state index contributed by atoms with van der Waals surface area (Å²) < 4.78 is 0. The van der Waals surface area contributed by atoms with Gasteiger partial charge in [0.25, 0.3) is 0 Å². The van der Waals surface area contributed by atoms with E-state index in [1.165, 1.54) is 11.8 Å². The molecule has 0 N–H and O–H groups in total. The first-order valence-electron chi connectivity index (χ1n) is 3.76. The van der Waals surface area contributed by atoms with Crippen molar-refractivity contribution in [2.75, 3.05) is 5.75 Å². The average Bonchev–Trinajstić information content (AvgIpc) is 2.52. The van der Waals surface area contributed by atoms with E-state index >= 15 is 0 Å². The van der Waals surface area contributed by atoms with Gasteiger partial charge in [0.1, 0.15) is 0 Å². The molecule has 1 amide bonds. The Kier molecular flexibility index (Phi) is 2.38. The molecule has 1 aromatic carbocycles. The highest BCUT2D eigenvalue weighted by Gasteiger charge is 2.15. The molecule has 0 aliphatic carbocycles. The third-order valence-electron chi connectivity index (χ3n) is 1.72. The van der Waals surface area contributed by atoms with Crippen molar-refractivity contribution in [3.05, 3.63) is 34.9 Å². The van der Waals surface area contributed by atoms with Gasteiger partial charge in [0.2, 0.25) is 0 Å². The van der Waals surface area contributed by atoms with Gasteiger partial charge in [0, 0.05) is 10.8 Å². The summed E-state index contributed by atoms with van der Waals surface area (Å²) in [6.07, 6.45) is 0. The van der Waals surface area contributed by atoms with Crippen LogP contribution in [0.1, 0.15) is 5.56 Å². The van der Waals surface area contributed by atoms with Crippen LogP contribution in [0.25, 0.3) is 0 Å². The van der Waals surface area contributed by atoms with Crippen LogP contribution in [0.4, 0.5) is 4.79 Å². The highest BCUT2D eigenvalue weighted by atomic mass is 35.5. The zero-order valence-corrected chi connectivity index (χ0v) is 8.23. The maximum atomic E-state index is 10.9. The normalized spacial score (nSPS) is 16.1. The summed E-state index contributed by atoms with van der Waals surface area (Å²) in [5, 5.41) is 0.555. The summed E-state index contributed by atoms with van der Waals surface area (Å²) in [6.45, 7) is 0. The number of aliphatic imine (C=N–C) groups is 1. The Labute approximate surface area is 85.0 Å². The first-order valence-corrected chi connectivity index (χ1v) is 5.12. The van der Waals surface area contributed by atoms with E-state index in [9.17, 15) is 4.79 Å². The molecule has 66 valence electrons. The van der Waals surface area contributed by atoms with Gasteiger partial charge in [-0.05, 0) is 17.7 Å². The van der Waals surface area contributed by atoms with E-state index in [2.05, 4.69) is 4.99 Å². The van der Waals surface area contributed by atoms with Crippen LogP contribution in [0.2, 0.25) is 5.02 Å². The lowest BCUT2D eigenvalue weighted by molar-refractivity contribution is 0.268. The quantitative estimate of drug-likeness (QED) is 0.715. The van der Waals surface area contributed by atoms with Crippen LogP contribution in [0, 0.1) is 0 Å². The number of halogens is 1. The zero-order valence-electron chi connectivity index (χ0n) is 6.66. The molecule has 0 aromatic heterocycles. The summed E-state index contributed by atoms with van der Waals surface area (Å²) in [6, 6.07) is 7.38. The molecule has 0 fully saturated rings. The zero-order chi connectivity index (χ0) is 9.26. The van der Waals surface area contributed by atoms with Crippen molar-refractivity contribution >= 4 is 34.3 Å². The summed E-state index contributed by atoms with van der Waals surface area (Å²) in [5.41, 5.74) is 1.75. The molecule has 1 aliphatic rings. The number of carbonyl (C=O) groups excluding carboxylic acids is 1. The van der Waals surface area contributed by atoms with Crippen molar-refractivity contribution in [1.29, 1.82) is 0 Å². The van der Waals surface area contributed by atoms with Crippen molar-refractivity contribution in [3.63, 3.8) is 0 Å². The molecular formula is C9H6ClNOS. The molecule has 0 unspecified atom stereocenters. The van der Waals surface area contributed by atoms with Crippen molar-refractivity contribution < 1.29 is 4.79 Å². The fourth-order valence-electron chi connectivity index (χ4n) is 1.12.